The Kier molecular flexibility index (Phi) is 8.03. The maximum absolute atomic E-state index is 15.3. The van der Waals surface area contributed by atoms with E-state index in [1.54, 1.807) is 37.3 Å². The molecular weight excluding hydrogens is 445 g/mol. The van der Waals surface area contributed by atoms with Crippen LogP contribution in [0.4, 0.5) is 4.39 Å². The molecule has 1 fully saturated rings. The van der Waals surface area contributed by atoms with Crippen molar-refractivity contribution in [3.05, 3.63) is 83.2 Å². The summed E-state index contributed by atoms with van der Waals surface area (Å²) in [6.07, 6.45) is 4.68. The normalized spacial score (nSPS) is 14.6. The highest BCUT2D eigenvalue weighted by molar-refractivity contribution is 5.71. The van der Waals surface area contributed by atoms with E-state index in [0.717, 1.165) is 5.56 Å². The molecule has 0 amide bonds. The maximum Gasteiger partial charge on any atom is 0.307 e. The van der Waals surface area contributed by atoms with Crippen molar-refractivity contribution in [1.82, 2.24) is 0 Å². The van der Waals surface area contributed by atoms with Crippen LogP contribution >= 0.6 is 0 Å². The first kappa shape index (κ1) is 24.7. The third-order valence-corrected chi connectivity index (χ3v) is 6.47. The third kappa shape index (κ3) is 6.40. The second-order valence-corrected chi connectivity index (χ2v) is 9.29. The highest BCUT2D eigenvalue weighted by atomic mass is 19.1. The van der Waals surface area contributed by atoms with E-state index in [-0.39, 0.29) is 18.8 Å². The standard InChI is InChI=1S/C29H32FNO4/c1-19(31)25-10-6-11-26(29(25)30)23-13-21(14-24(15-23)34-17-20-7-2-3-8-20)18-35-27-12-5-4-9-22(27)16-28(32)33/h4-6,9-15,19-20H,2-3,7-8,16-18,31H2,1H3,(H,32,33). The molecule has 6 heteroatoms. The largest absolute Gasteiger partial charge is 0.493 e. The van der Waals surface area contributed by atoms with Crippen molar-refractivity contribution in [1.29, 1.82) is 0 Å². The molecular formula is C29H32FNO4. The smallest absolute Gasteiger partial charge is 0.307 e. The van der Waals surface area contributed by atoms with E-state index in [4.69, 9.17) is 15.2 Å². The SMILES string of the molecule is CC(N)c1cccc(-c2cc(COc3ccccc3CC(=O)O)cc(OCC3CCCC3)c2)c1F. The van der Waals surface area contributed by atoms with Crippen molar-refractivity contribution in [2.75, 3.05) is 6.61 Å². The van der Waals surface area contributed by atoms with Gasteiger partial charge in [-0.25, -0.2) is 4.39 Å². The van der Waals surface area contributed by atoms with Gasteiger partial charge in [0, 0.05) is 22.7 Å². The second-order valence-electron chi connectivity index (χ2n) is 9.29. The lowest BCUT2D eigenvalue weighted by atomic mass is 9.97. The minimum atomic E-state index is -0.921. The van der Waals surface area contributed by atoms with Gasteiger partial charge in [0.1, 0.15) is 23.9 Å². The number of carbonyl (C=O) groups is 1. The van der Waals surface area contributed by atoms with Crippen molar-refractivity contribution in [2.24, 2.45) is 11.7 Å². The van der Waals surface area contributed by atoms with Crippen LogP contribution in [-0.2, 0) is 17.8 Å². The minimum absolute atomic E-state index is 0.124. The molecule has 1 aliphatic rings. The van der Waals surface area contributed by atoms with Crippen LogP contribution in [0.5, 0.6) is 11.5 Å². The van der Waals surface area contributed by atoms with E-state index < -0.39 is 12.0 Å². The topological polar surface area (TPSA) is 81.8 Å². The van der Waals surface area contributed by atoms with E-state index in [0.29, 0.717) is 46.3 Å². The van der Waals surface area contributed by atoms with E-state index in [1.165, 1.54) is 25.7 Å². The first-order chi connectivity index (χ1) is 16.9. The van der Waals surface area contributed by atoms with Gasteiger partial charge in [-0.3, -0.25) is 4.79 Å². The summed E-state index contributed by atoms with van der Waals surface area (Å²) in [5, 5.41) is 9.20. The minimum Gasteiger partial charge on any atom is -0.493 e. The van der Waals surface area contributed by atoms with E-state index in [1.807, 2.05) is 30.3 Å². The molecule has 0 saturated heterocycles. The predicted molar refractivity (Wildman–Crippen MR) is 134 cm³/mol. The number of hydrogen-bond acceptors (Lipinski definition) is 4. The van der Waals surface area contributed by atoms with Crippen LogP contribution in [0.1, 0.15) is 55.3 Å². The molecule has 3 aromatic carbocycles. The Morgan fingerprint density at radius 1 is 1.09 bits per heavy atom. The van der Waals surface area contributed by atoms with Crippen LogP contribution in [0.2, 0.25) is 0 Å². The number of rotatable bonds is 10. The summed E-state index contributed by atoms with van der Waals surface area (Å²) in [6.45, 7) is 2.59. The van der Waals surface area contributed by atoms with Gasteiger partial charge in [0.2, 0.25) is 0 Å². The summed E-state index contributed by atoms with van der Waals surface area (Å²) >= 11 is 0. The predicted octanol–water partition coefficient (Wildman–Crippen LogP) is 6.29. The fraction of sp³-hybridized carbons (Fsp3) is 0.345. The summed E-state index contributed by atoms with van der Waals surface area (Å²) < 4.78 is 27.5. The fourth-order valence-corrected chi connectivity index (χ4v) is 4.61. The van der Waals surface area contributed by atoms with Gasteiger partial charge in [-0.2, -0.15) is 0 Å². The molecule has 4 rings (SSSR count). The molecule has 0 aliphatic heterocycles. The summed E-state index contributed by atoms with van der Waals surface area (Å²) in [5.74, 6) is 0.458. The second kappa shape index (κ2) is 11.4. The number of carboxylic acids is 1. The lowest BCUT2D eigenvalue weighted by Crippen LogP contribution is -2.09. The lowest BCUT2D eigenvalue weighted by Gasteiger charge is -2.17. The van der Waals surface area contributed by atoms with Crippen LogP contribution in [0.3, 0.4) is 0 Å². The molecule has 1 saturated carbocycles. The molecule has 0 spiro atoms. The molecule has 184 valence electrons. The first-order valence-corrected chi connectivity index (χ1v) is 12.1. The first-order valence-electron chi connectivity index (χ1n) is 12.1. The zero-order valence-electron chi connectivity index (χ0n) is 20.0. The number of hydrogen-bond donors (Lipinski definition) is 2. The van der Waals surface area contributed by atoms with Crippen LogP contribution in [0, 0.1) is 11.7 Å². The Labute approximate surface area is 205 Å². The molecule has 35 heavy (non-hydrogen) atoms. The van der Waals surface area contributed by atoms with Crippen molar-refractivity contribution in [3.63, 3.8) is 0 Å². The highest BCUT2D eigenvalue weighted by Crippen LogP contribution is 2.33. The van der Waals surface area contributed by atoms with Crippen LogP contribution in [0.25, 0.3) is 11.1 Å². The third-order valence-electron chi connectivity index (χ3n) is 6.47. The molecule has 3 N–H and O–H groups in total. The molecule has 1 atom stereocenters. The number of carboxylic acid groups (broad SMARTS) is 1. The molecule has 0 bridgehead atoms. The van der Waals surface area contributed by atoms with Crippen LogP contribution < -0.4 is 15.2 Å². The van der Waals surface area contributed by atoms with Gasteiger partial charge in [0.25, 0.3) is 0 Å². The summed E-state index contributed by atoms with van der Waals surface area (Å²) in [7, 11) is 0. The Morgan fingerprint density at radius 3 is 2.60 bits per heavy atom. The van der Waals surface area contributed by atoms with Crippen molar-refractivity contribution >= 4 is 5.97 Å². The molecule has 0 aromatic heterocycles. The summed E-state index contributed by atoms with van der Waals surface area (Å²) in [4.78, 5) is 11.2. The Morgan fingerprint density at radius 2 is 1.86 bits per heavy atom. The van der Waals surface area contributed by atoms with Gasteiger partial charge in [-0.05, 0) is 61.1 Å². The Hall–Kier alpha value is -3.38. The molecule has 0 radical (unpaired) electrons. The van der Waals surface area contributed by atoms with E-state index >= 15 is 4.39 Å². The van der Waals surface area contributed by atoms with Gasteiger partial charge >= 0.3 is 5.97 Å². The van der Waals surface area contributed by atoms with Crippen molar-refractivity contribution in [2.45, 2.75) is 51.7 Å². The van der Waals surface area contributed by atoms with Crippen LogP contribution in [0.15, 0.2) is 60.7 Å². The average Bonchev–Trinajstić information content (AvgIpc) is 3.35. The zero-order valence-corrected chi connectivity index (χ0v) is 20.0. The van der Waals surface area contributed by atoms with Gasteiger partial charge in [0.15, 0.2) is 0 Å². The molecule has 1 aliphatic carbocycles. The quantitative estimate of drug-likeness (QED) is 0.359. The number of aliphatic carboxylic acids is 1. The van der Waals surface area contributed by atoms with Crippen LogP contribution in [-0.4, -0.2) is 17.7 Å². The molecule has 3 aromatic rings. The Balaban J connectivity index is 1.63. The van der Waals surface area contributed by atoms with E-state index in [9.17, 15) is 9.90 Å². The highest BCUT2D eigenvalue weighted by Gasteiger charge is 2.18. The number of benzene rings is 3. The van der Waals surface area contributed by atoms with Gasteiger partial charge in [0.05, 0.1) is 13.0 Å². The van der Waals surface area contributed by atoms with Crippen molar-refractivity contribution < 1.29 is 23.8 Å². The number of ether oxygens (including phenoxy) is 2. The van der Waals surface area contributed by atoms with Crippen molar-refractivity contribution in [3.8, 4) is 22.6 Å². The monoisotopic (exact) mass is 477 g/mol. The maximum atomic E-state index is 15.3. The summed E-state index contributed by atoms with van der Waals surface area (Å²) in [5.41, 5.74) is 8.98. The summed E-state index contributed by atoms with van der Waals surface area (Å²) in [6, 6.07) is 17.6. The number of nitrogens with two attached hydrogens (primary N) is 1. The lowest BCUT2D eigenvalue weighted by molar-refractivity contribution is -0.136. The molecule has 1 unspecified atom stereocenters. The van der Waals surface area contributed by atoms with Gasteiger partial charge in [-0.1, -0.05) is 49.2 Å². The number of para-hydroxylation sites is 1. The van der Waals surface area contributed by atoms with Gasteiger partial charge in [-0.15, -0.1) is 0 Å². The average molecular weight is 478 g/mol. The molecule has 5 nitrogen and oxygen atoms in total. The van der Waals surface area contributed by atoms with E-state index in [2.05, 4.69) is 0 Å². The molecule has 0 heterocycles. The number of halogens is 1. The zero-order chi connectivity index (χ0) is 24.8. The Bertz CT molecular complexity index is 1170. The van der Waals surface area contributed by atoms with Gasteiger partial charge < -0.3 is 20.3 Å². The fourth-order valence-electron chi connectivity index (χ4n) is 4.61.